The Bertz CT molecular complexity index is 887. The molecule has 1 aromatic heterocycles. The molecular formula is C16H16N2O4S2. The number of hydrogen-bond acceptors (Lipinski definition) is 6. The molecule has 1 atom stereocenters. The van der Waals surface area contributed by atoms with Gasteiger partial charge in [0.15, 0.2) is 9.84 Å². The highest BCUT2D eigenvalue weighted by molar-refractivity contribution is 7.94. The van der Waals surface area contributed by atoms with Crippen LogP contribution in [0.3, 0.4) is 0 Å². The summed E-state index contributed by atoms with van der Waals surface area (Å²) >= 11 is 1.45. The number of methoxy groups -OCH3 is 1. The number of thiazole rings is 1. The molecule has 6 nitrogen and oxygen atoms in total. The average Bonchev–Trinajstić information content (AvgIpc) is 3.13. The van der Waals surface area contributed by atoms with Gasteiger partial charge in [-0.2, -0.15) is 0 Å². The van der Waals surface area contributed by atoms with Crippen molar-refractivity contribution in [1.29, 1.82) is 0 Å². The highest BCUT2D eigenvalue weighted by Gasteiger charge is 2.23. The molecule has 2 aromatic rings. The van der Waals surface area contributed by atoms with Crippen molar-refractivity contribution in [2.75, 3.05) is 12.9 Å². The molecule has 1 amide bonds. The van der Waals surface area contributed by atoms with E-state index in [0.717, 1.165) is 21.7 Å². The SMILES string of the molecule is COc1cccc(-c2nc(CC(=O)NC3C=CS(=O)(=O)C3)cs2)c1. The van der Waals surface area contributed by atoms with Crippen LogP contribution in [0.4, 0.5) is 0 Å². The number of rotatable bonds is 5. The van der Waals surface area contributed by atoms with E-state index in [-0.39, 0.29) is 18.1 Å². The van der Waals surface area contributed by atoms with Gasteiger partial charge in [-0.3, -0.25) is 4.79 Å². The van der Waals surface area contributed by atoms with Crippen molar-refractivity contribution >= 4 is 27.1 Å². The van der Waals surface area contributed by atoms with Crippen LogP contribution in [-0.2, 0) is 21.1 Å². The molecule has 3 rings (SSSR count). The number of hydrogen-bond donors (Lipinski definition) is 1. The Morgan fingerprint density at radius 3 is 3.00 bits per heavy atom. The Labute approximate surface area is 144 Å². The standard InChI is InChI=1S/C16H16N2O4S2/c1-22-14-4-2-3-11(7-14)16-18-13(9-23-16)8-15(19)17-12-5-6-24(20,21)10-12/h2-7,9,12H,8,10H2,1H3,(H,17,19). The third-order valence-corrected chi connectivity index (χ3v) is 5.82. The lowest BCUT2D eigenvalue weighted by Crippen LogP contribution is -2.36. The van der Waals surface area contributed by atoms with Gasteiger partial charge in [0.25, 0.3) is 0 Å². The summed E-state index contributed by atoms with van der Waals surface area (Å²) in [6, 6.07) is 7.10. The van der Waals surface area contributed by atoms with Crippen LogP contribution in [0.1, 0.15) is 5.69 Å². The van der Waals surface area contributed by atoms with Gasteiger partial charge in [-0.15, -0.1) is 11.3 Å². The molecule has 1 aliphatic heterocycles. The molecule has 126 valence electrons. The molecule has 24 heavy (non-hydrogen) atoms. The van der Waals surface area contributed by atoms with Crippen LogP contribution in [0.2, 0.25) is 0 Å². The van der Waals surface area contributed by atoms with Crippen LogP contribution in [-0.4, -0.2) is 38.2 Å². The predicted octanol–water partition coefficient (Wildman–Crippen LogP) is 1.79. The fraction of sp³-hybridized carbons (Fsp3) is 0.250. The zero-order chi connectivity index (χ0) is 17.2. The minimum atomic E-state index is -3.17. The van der Waals surface area contributed by atoms with Gasteiger partial charge in [0, 0.05) is 16.4 Å². The zero-order valence-corrected chi connectivity index (χ0v) is 14.6. The lowest BCUT2D eigenvalue weighted by atomic mass is 10.2. The summed E-state index contributed by atoms with van der Waals surface area (Å²) in [4.78, 5) is 16.5. The summed E-state index contributed by atoms with van der Waals surface area (Å²) in [7, 11) is -1.57. The second kappa shape index (κ2) is 6.74. The van der Waals surface area contributed by atoms with Crippen molar-refractivity contribution in [2.45, 2.75) is 12.5 Å². The largest absolute Gasteiger partial charge is 0.497 e. The predicted molar refractivity (Wildman–Crippen MR) is 92.7 cm³/mol. The topological polar surface area (TPSA) is 85.4 Å². The van der Waals surface area contributed by atoms with E-state index in [1.54, 1.807) is 7.11 Å². The minimum Gasteiger partial charge on any atom is -0.497 e. The lowest BCUT2D eigenvalue weighted by molar-refractivity contribution is -0.120. The van der Waals surface area contributed by atoms with Crippen LogP contribution >= 0.6 is 11.3 Å². The minimum absolute atomic E-state index is 0.0785. The van der Waals surface area contributed by atoms with Gasteiger partial charge in [-0.1, -0.05) is 12.1 Å². The fourth-order valence-electron chi connectivity index (χ4n) is 2.36. The van der Waals surface area contributed by atoms with Crippen LogP contribution in [0.5, 0.6) is 5.75 Å². The maximum Gasteiger partial charge on any atom is 0.226 e. The van der Waals surface area contributed by atoms with E-state index in [9.17, 15) is 13.2 Å². The molecule has 0 bridgehead atoms. The molecule has 0 aliphatic carbocycles. The lowest BCUT2D eigenvalue weighted by Gasteiger charge is -2.08. The first-order chi connectivity index (χ1) is 11.4. The number of aromatic nitrogens is 1. The first-order valence-corrected chi connectivity index (χ1v) is 9.84. The zero-order valence-electron chi connectivity index (χ0n) is 12.9. The van der Waals surface area contributed by atoms with Crippen molar-refractivity contribution < 1.29 is 17.9 Å². The van der Waals surface area contributed by atoms with E-state index in [1.165, 1.54) is 17.4 Å². The van der Waals surface area contributed by atoms with E-state index in [4.69, 9.17) is 4.74 Å². The molecule has 2 heterocycles. The van der Waals surface area contributed by atoms with Crippen LogP contribution in [0.25, 0.3) is 10.6 Å². The highest BCUT2D eigenvalue weighted by Crippen LogP contribution is 2.27. The molecule has 8 heteroatoms. The summed E-state index contributed by atoms with van der Waals surface area (Å²) in [5.74, 6) is 0.422. The van der Waals surface area contributed by atoms with Crippen molar-refractivity contribution in [3.05, 3.63) is 46.8 Å². The normalized spacial score (nSPS) is 18.5. The summed E-state index contributed by atoms with van der Waals surface area (Å²) in [5.41, 5.74) is 1.58. The summed E-state index contributed by atoms with van der Waals surface area (Å²) in [6.07, 6.45) is 1.61. The Morgan fingerprint density at radius 2 is 2.29 bits per heavy atom. The number of sulfone groups is 1. The Balaban J connectivity index is 1.63. The molecule has 1 N–H and O–H groups in total. The fourth-order valence-corrected chi connectivity index (χ4v) is 4.42. The maximum absolute atomic E-state index is 12.0. The molecule has 0 spiro atoms. The van der Waals surface area contributed by atoms with Crippen molar-refractivity contribution in [2.24, 2.45) is 0 Å². The van der Waals surface area contributed by atoms with Gasteiger partial charge in [0.2, 0.25) is 5.91 Å². The smallest absolute Gasteiger partial charge is 0.226 e. The van der Waals surface area contributed by atoms with Crippen LogP contribution in [0, 0.1) is 0 Å². The summed E-state index contributed by atoms with van der Waals surface area (Å²) in [6.45, 7) is 0. The Kier molecular flexibility index (Phi) is 4.68. The van der Waals surface area contributed by atoms with Gasteiger partial charge in [-0.05, 0) is 18.2 Å². The highest BCUT2D eigenvalue weighted by atomic mass is 32.2. The van der Waals surface area contributed by atoms with Gasteiger partial charge in [-0.25, -0.2) is 13.4 Å². The second-order valence-electron chi connectivity index (χ2n) is 5.38. The van der Waals surface area contributed by atoms with Crippen molar-refractivity contribution in [3.8, 4) is 16.3 Å². The third-order valence-electron chi connectivity index (χ3n) is 3.49. The second-order valence-corrected chi connectivity index (χ2v) is 8.17. The number of benzene rings is 1. The first kappa shape index (κ1) is 16.7. The molecule has 0 radical (unpaired) electrons. The molecule has 1 aliphatic rings. The molecular weight excluding hydrogens is 348 g/mol. The van der Waals surface area contributed by atoms with E-state index < -0.39 is 15.9 Å². The van der Waals surface area contributed by atoms with E-state index in [2.05, 4.69) is 10.3 Å². The number of amides is 1. The molecule has 0 saturated carbocycles. The summed E-state index contributed by atoms with van der Waals surface area (Å²) < 4.78 is 27.9. The van der Waals surface area contributed by atoms with Crippen LogP contribution < -0.4 is 10.1 Å². The average molecular weight is 364 g/mol. The number of nitrogens with zero attached hydrogens (tertiary/aromatic N) is 1. The molecule has 0 fully saturated rings. The molecule has 1 unspecified atom stereocenters. The maximum atomic E-state index is 12.0. The number of nitrogens with one attached hydrogen (secondary N) is 1. The first-order valence-electron chi connectivity index (χ1n) is 7.24. The number of carbonyl (C=O) groups is 1. The monoisotopic (exact) mass is 364 g/mol. The van der Waals surface area contributed by atoms with Crippen molar-refractivity contribution in [3.63, 3.8) is 0 Å². The van der Waals surface area contributed by atoms with Gasteiger partial charge in [0.1, 0.15) is 10.8 Å². The van der Waals surface area contributed by atoms with E-state index >= 15 is 0 Å². The molecule has 0 saturated heterocycles. The Morgan fingerprint density at radius 1 is 1.46 bits per heavy atom. The van der Waals surface area contributed by atoms with Crippen LogP contribution in [0.15, 0.2) is 41.1 Å². The third kappa shape index (κ3) is 4.01. The van der Waals surface area contributed by atoms with Crippen molar-refractivity contribution in [1.82, 2.24) is 10.3 Å². The van der Waals surface area contributed by atoms with E-state index in [1.807, 2.05) is 29.6 Å². The quantitative estimate of drug-likeness (QED) is 0.874. The molecule has 1 aromatic carbocycles. The van der Waals surface area contributed by atoms with E-state index in [0.29, 0.717) is 5.69 Å². The number of ether oxygens (including phenoxy) is 1. The van der Waals surface area contributed by atoms with Gasteiger partial charge >= 0.3 is 0 Å². The summed E-state index contributed by atoms with van der Waals surface area (Å²) in [5, 5.41) is 6.47. The van der Waals surface area contributed by atoms with Gasteiger partial charge < -0.3 is 10.1 Å². The number of carbonyl (C=O) groups excluding carboxylic acids is 1. The Hall–Kier alpha value is -2.19. The van der Waals surface area contributed by atoms with Gasteiger partial charge in [0.05, 0.1) is 31.0 Å².